The molecule has 0 fully saturated rings. The number of hydrogen-bond donors (Lipinski definition) is 1. The molecule has 2 nitrogen and oxygen atoms in total. The van der Waals surface area contributed by atoms with E-state index in [-0.39, 0.29) is 4.88 Å². The highest BCUT2D eigenvalue weighted by Crippen LogP contribution is 2.45. The summed E-state index contributed by atoms with van der Waals surface area (Å²) in [5.41, 5.74) is -3.70. The first-order chi connectivity index (χ1) is 10.3. The van der Waals surface area contributed by atoms with Crippen molar-refractivity contribution in [1.82, 2.24) is 0 Å². The van der Waals surface area contributed by atoms with Gasteiger partial charge in [0.2, 0.25) is 0 Å². The first kappa shape index (κ1) is 16.6. The van der Waals surface area contributed by atoms with Crippen LogP contribution in [0.5, 0.6) is 0 Å². The third-order valence-electron chi connectivity index (χ3n) is 3.29. The van der Waals surface area contributed by atoms with E-state index < -0.39 is 35.7 Å². The van der Waals surface area contributed by atoms with Crippen LogP contribution < -0.4 is 0 Å². The van der Waals surface area contributed by atoms with Gasteiger partial charge in [0.15, 0.2) is 11.4 Å². The van der Waals surface area contributed by atoms with Crippen LogP contribution >= 0.6 is 11.3 Å². The van der Waals surface area contributed by atoms with Crippen LogP contribution in [0.2, 0.25) is 0 Å². The minimum absolute atomic E-state index is 0.124. The smallest absolute Gasteiger partial charge is 0.339 e. The van der Waals surface area contributed by atoms with E-state index in [9.17, 15) is 27.5 Å². The zero-order chi connectivity index (χ0) is 16.4. The van der Waals surface area contributed by atoms with Crippen LogP contribution in [0.1, 0.15) is 21.7 Å². The summed E-state index contributed by atoms with van der Waals surface area (Å²) in [6.45, 7) is 0. The Hall–Kier alpha value is -1.73. The van der Waals surface area contributed by atoms with Crippen LogP contribution in [-0.2, 0) is 5.60 Å². The molecule has 2 rings (SSSR count). The van der Waals surface area contributed by atoms with E-state index >= 15 is 0 Å². The molecule has 0 aliphatic rings. The van der Waals surface area contributed by atoms with Gasteiger partial charge in [-0.2, -0.15) is 8.78 Å². The van der Waals surface area contributed by atoms with Gasteiger partial charge in [-0.05, 0) is 17.0 Å². The second-order valence-electron chi connectivity index (χ2n) is 4.73. The molecule has 0 amide bonds. The predicted molar refractivity (Wildman–Crippen MR) is 74.6 cm³/mol. The Morgan fingerprint density at radius 1 is 1.14 bits per heavy atom. The Bertz CT molecular complexity index is 628. The molecule has 1 N–H and O–H groups in total. The van der Waals surface area contributed by atoms with Crippen LogP contribution in [0.15, 0.2) is 47.8 Å². The zero-order valence-corrected chi connectivity index (χ0v) is 12.0. The molecular formula is C15H12F4O2S. The highest BCUT2D eigenvalue weighted by molar-refractivity contribution is 7.12. The van der Waals surface area contributed by atoms with Crippen molar-refractivity contribution in [3.8, 4) is 0 Å². The van der Waals surface area contributed by atoms with E-state index in [0.29, 0.717) is 0 Å². The quantitative estimate of drug-likeness (QED) is 0.638. The van der Waals surface area contributed by atoms with Crippen molar-refractivity contribution in [3.63, 3.8) is 0 Å². The van der Waals surface area contributed by atoms with Gasteiger partial charge in [0, 0.05) is 0 Å². The van der Waals surface area contributed by atoms with Gasteiger partial charge in [0.1, 0.15) is 0 Å². The number of halogens is 4. The van der Waals surface area contributed by atoms with E-state index in [1.165, 1.54) is 30.3 Å². The molecule has 22 heavy (non-hydrogen) atoms. The molecule has 0 saturated heterocycles. The number of alkyl halides is 4. The average Bonchev–Trinajstić information content (AvgIpc) is 3.02. The number of benzene rings is 1. The SMILES string of the molecule is O=C(C[C@@](O)(c1ccccc1)C(F)(F)C(F)F)c1cccs1. The van der Waals surface area contributed by atoms with E-state index in [1.54, 1.807) is 5.38 Å². The van der Waals surface area contributed by atoms with Crippen molar-refractivity contribution < 1.29 is 27.5 Å². The average molecular weight is 332 g/mol. The van der Waals surface area contributed by atoms with Crippen molar-refractivity contribution in [3.05, 3.63) is 58.3 Å². The second-order valence-corrected chi connectivity index (χ2v) is 5.67. The van der Waals surface area contributed by atoms with Crippen LogP contribution in [0.25, 0.3) is 0 Å². The molecule has 0 radical (unpaired) electrons. The summed E-state index contributed by atoms with van der Waals surface area (Å²) in [5, 5.41) is 11.9. The molecule has 0 aliphatic carbocycles. The Kier molecular flexibility index (Phi) is 4.67. The topological polar surface area (TPSA) is 37.3 Å². The third kappa shape index (κ3) is 2.91. The van der Waals surface area contributed by atoms with E-state index in [0.717, 1.165) is 23.5 Å². The summed E-state index contributed by atoms with van der Waals surface area (Å²) >= 11 is 0.993. The number of rotatable bonds is 6. The number of carbonyl (C=O) groups is 1. The van der Waals surface area contributed by atoms with E-state index in [1.807, 2.05) is 0 Å². The van der Waals surface area contributed by atoms with Gasteiger partial charge in [0.05, 0.1) is 11.3 Å². The Morgan fingerprint density at radius 3 is 2.27 bits per heavy atom. The van der Waals surface area contributed by atoms with Gasteiger partial charge in [-0.15, -0.1) is 11.3 Å². The van der Waals surface area contributed by atoms with E-state index in [2.05, 4.69) is 0 Å². The Balaban J connectivity index is 2.45. The molecule has 1 heterocycles. The molecule has 1 aromatic heterocycles. The Labute approximate surface area is 128 Å². The molecule has 0 aliphatic heterocycles. The van der Waals surface area contributed by atoms with Gasteiger partial charge in [0.25, 0.3) is 0 Å². The molecule has 7 heteroatoms. The number of thiophene rings is 1. The number of Topliss-reactive ketones (excluding diaryl/α,β-unsaturated/α-hetero) is 1. The third-order valence-corrected chi connectivity index (χ3v) is 4.20. The highest BCUT2D eigenvalue weighted by Gasteiger charge is 2.61. The normalized spacial score (nSPS) is 14.8. The first-order valence-electron chi connectivity index (χ1n) is 6.29. The van der Waals surface area contributed by atoms with Gasteiger partial charge in [-0.25, -0.2) is 8.78 Å². The summed E-state index contributed by atoms with van der Waals surface area (Å²) in [5.74, 6) is -5.58. The van der Waals surface area contributed by atoms with Crippen LogP contribution in [-0.4, -0.2) is 23.2 Å². The molecule has 1 atom stereocenters. The number of hydrogen-bond acceptors (Lipinski definition) is 3. The molecule has 0 spiro atoms. The number of aliphatic hydroxyl groups is 1. The van der Waals surface area contributed by atoms with Crippen LogP contribution in [0.3, 0.4) is 0 Å². The van der Waals surface area contributed by atoms with Gasteiger partial charge in [-0.3, -0.25) is 4.79 Å². The minimum Gasteiger partial charge on any atom is -0.378 e. The molecule has 0 unspecified atom stereocenters. The minimum atomic E-state index is -4.76. The molecule has 0 saturated carbocycles. The summed E-state index contributed by atoms with van der Waals surface area (Å²) in [7, 11) is 0. The first-order valence-corrected chi connectivity index (χ1v) is 7.17. The summed E-state index contributed by atoms with van der Waals surface area (Å²) in [6.07, 6.45) is -5.23. The molecule has 1 aromatic carbocycles. The molecular weight excluding hydrogens is 320 g/mol. The van der Waals surface area contributed by atoms with Crippen molar-refractivity contribution >= 4 is 17.1 Å². The predicted octanol–water partition coefficient (Wildman–Crippen LogP) is 4.11. The standard InChI is InChI=1S/C15H12F4O2S/c16-13(17)15(18,19)14(21,10-5-2-1-3-6-10)9-11(20)12-7-4-8-22-12/h1-8,13,21H,9H2/t14-/m1/s1. The largest absolute Gasteiger partial charge is 0.378 e. The van der Waals surface area contributed by atoms with Crippen LogP contribution in [0, 0.1) is 0 Å². The maximum Gasteiger partial charge on any atom is 0.339 e. The lowest BCUT2D eigenvalue weighted by Crippen LogP contribution is -2.51. The molecule has 0 bridgehead atoms. The monoisotopic (exact) mass is 332 g/mol. The molecule has 2 aromatic rings. The maximum atomic E-state index is 13.9. The lowest BCUT2D eigenvalue weighted by molar-refractivity contribution is -0.247. The van der Waals surface area contributed by atoms with Crippen molar-refractivity contribution in [2.75, 3.05) is 0 Å². The van der Waals surface area contributed by atoms with Crippen molar-refractivity contribution in [2.45, 2.75) is 24.4 Å². The fourth-order valence-electron chi connectivity index (χ4n) is 2.06. The number of ketones is 1. The summed E-state index contributed by atoms with van der Waals surface area (Å²) in [4.78, 5) is 12.2. The highest BCUT2D eigenvalue weighted by atomic mass is 32.1. The lowest BCUT2D eigenvalue weighted by atomic mass is 9.82. The molecule has 118 valence electrons. The van der Waals surface area contributed by atoms with Crippen LogP contribution in [0.4, 0.5) is 17.6 Å². The zero-order valence-electron chi connectivity index (χ0n) is 11.2. The van der Waals surface area contributed by atoms with Gasteiger partial charge < -0.3 is 5.11 Å². The van der Waals surface area contributed by atoms with E-state index in [4.69, 9.17) is 0 Å². The van der Waals surface area contributed by atoms with Gasteiger partial charge >= 0.3 is 12.3 Å². The lowest BCUT2D eigenvalue weighted by Gasteiger charge is -2.35. The summed E-state index contributed by atoms with van der Waals surface area (Å²) < 4.78 is 53.4. The Morgan fingerprint density at radius 2 is 1.77 bits per heavy atom. The van der Waals surface area contributed by atoms with Crippen molar-refractivity contribution in [1.29, 1.82) is 0 Å². The van der Waals surface area contributed by atoms with Crippen molar-refractivity contribution in [2.24, 2.45) is 0 Å². The summed E-state index contributed by atoms with van der Waals surface area (Å²) in [6, 6.07) is 9.26. The fourth-order valence-corrected chi connectivity index (χ4v) is 2.73. The van der Waals surface area contributed by atoms with Gasteiger partial charge in [-0.1, -0.05) is 36.4 Å². The second kappa shape index (κ2) is 6.18. The number of carbonyl (C=O) groups excluding carboxylic acids is 1. The fraction of sp³-hybridized carbons (Fsp3) is 0.267. The maximum absolute atomic E-state index is 13.9.